The Morgan fingerprint density at radius 2 is 1.79 bits per heavy atom. The van der Waals surface area contributed by atoms with E-state index in [2.05, 4.69) is 10.4 Å². The third-order valence-electron chi connectivity index (χ3n) is 2.81. The molecule has 0 unspecified atom stereocenters. The van der Waals surface area contributed by atoms with Gasteiger partial charge in [-0.15, -0.1) is 0 Å². The summed E-state index contributed by atoms with van der Waals surface area (Å²) < 4.78 is 3.69. The highest BCUT2D eigenvalue weighted by Crippen LogP contribution is 2.23. The van der Waals surface area contributed by atoms with Gasteiger partial charge in [-0.3, -0.25) is 4.79 Å². The Morgan fingerprint density at radius 1 is 1.05 bits per heavy atom. The van der Waals surface area contributed by atoms with Gasteiger partial charge in [0.25, 0.3) is 0 Å². The van der Waals surface area contributed by atoms with Crippen LogP contribution in [0.15, 0.2) is 61.1 Å². The summed E-state index contributed by atoms with van der Waals surface area (Å²) in [5, 5.41) is 7.01. The molecule has 3 aromatic rings. The number of carbonyl (C=O) groups excluding carboxylic acids is 1. The summed E-state index contributed by atoms with van der Waals surface area (Å²) in [6.07, 6.45) is 6.11. The Hall–Kier alpha value is -2.82. The molecule has 19 heavy (non-hydrogen) atoms. The minimum atomic E-state index is 0.652. The zero-order valence-electron chi connectivity index (χ0n) is 10.1. The largest absolute Gasteiger partial charge is 0.324 e. The van der Waals surface area contributed by atoms with Crippen molar-refractivity contribution in [2.45, 2.75) is 0 Å². The maximum absolute atomic E-state index is 10.7. The zero-order valence-corrected chi connectivity index (χ0v) is 10.1. The molecule has 1 amide bonds. The standard InChI is InChI=1S/C14H12N4O/c19-11-15-13-10-16-18(12-6-2-1-3-7-12)14(13)17-8-4-5-9-17/h1-11H,(H,15,19). The second-order valence-corrected chi connectivity index (χ2v) is 3.98. The van der Waals surface area contributed by atoms with Gasteiger partial charge < -0.3 is 9.88 Å². The molecule has 0 fully saturated rings. The fourth-order valence-electron chi connectivity index (χ4n) is 1.99. The number of rotatable bonds is 4. The smallest absolute Gasteiger partial charge is 0.211 e. The Labute approximate surface area is 110 Å². The minimum Gasteiger partial charge on any atom is -0.324 e. The third-order valence-corrected chi connectivity index (χ3v) is 2.81. The van der Waals surface area contributed by atoms with E-state index >= 15 is 0 Å². The van der Waals surface area contributed by atoms with Crippen LogP contribution >= 0.6 is 0 Å². The van der Waals surface area contributed by atoms with Gasteiger partial charge in [0, 0.05) is 12.4 Å². The molecule has 0 bridgehead atoms. The summed E-state index contributed by atoms with van der Waals surface area (Å²) in [5.41, 5.74) is 1.60. The van der Waals surface area contributed by atoms with Crippen molar-refractivity contribution < 1.29 is 4.79 Å². The van der Waals surface area contributed by atoms with Gasteiger partial charge in [0.15, 0.2) is 5.82 Å². The molecule has 0 radical (unpaired) electrons. The number of nitrogens with zero attached hydrogens (tertiary/aromatic N) is 3. The zero-order chi connectivity index (χ0) is 13.1. The van der Waals surface area contributed by atoms with Gasteiger partial charge in [0.05, 0.1) is 11.9 Å². The van der Waals surface area contributed by atoms with Gasteiger partial charge in [0.2, 0.25) is 6.41 Å². The molecule has 5 heteroatoms. The molecule has 2 aromatic heterocycles. The van der Waals surface area contributed by atoms with Crippen LogP contribution in [0.25, 0.3) is 11.5 Å². The lowest BCUT2D eigenvalue weighted by Gasteiger charge is -2.10. The van der Waals surface area contributed by atoms with E-state index in [9.17, 15) is 4.79 Å². The van der Waals surface area contributed by atoms with Crippen LogP contribution in [0.3, 0.4) is 0 Å². The number of para-hydroxylation sites is 1. The Kier molecular flexibility index (Phi) is 2.86. The Morgan fingerprint density at radius 3 is 2.47 bits per heavy atom. The number of hydrogen-bond acceptors (Lipinski definition) is 2. The summed E-state index contributed by atoms with van der Waals surface area (Å²) in [6, 6.07) is 13.6. The number of carbonyl (C=O) groups is 1. The van der Waals surface area contributed by atoms with E-state index in [4.69, 9.17) is 0 Å². The van der Waals surface area contributed by atoms with E-state index in [1.54, 1.807) is 10.9 Å². The first kappa shape index (κ1) is 11.3. The van der Waals surface area contributed by atoms with Crippen molar-refractivity contribution in [2.24, 2.45) is 0 Å². The first-order valence-corrected chi connectivity index (χ1v) is 5.87. The quantitative estimate of drug-likeness (QED) is 0.724. The topological polar surface area (TPSA) is 51.9 Å². The summed E-state index contributed by atoms with van der Waals surface area (Å²) >= 11 is 0. The monoisotopic (exact) mass is 252 g/mol. The summed E-state index contributed by atoms with van der Waals surface area (Å²) in [7, 11) is 0. The number of hydrogen-bond donors (Lipinski definition) is 1. The number of anilines is 1. The van der Waals surface area contributed by atoms with Crippen LogP contribution in [0.2, 0.25) is 0 Å². The molecule has 0 saturated heterocycles. The second-order valence-electron chi connectivity index (χ2n) is 3.98. The fourth-order valence-corrected chi connectivity index (χ4v) is 1.99. The van der Waals surface area contributed by atoms with Gasteiger partial charge in [-0.25, -0.2) is 4.68 Å². The van der Waals surface area contributed by atoms with E-state index in [1.165, 1.54) is 0 Å². The van der Waals surface area contributed by atoms with E-state index < -0.39 is 0 Å². The molecule has 0 aliphatic heterocycles. The predicted octanol–water partition coefficient (Wildman–Crippen LogP) is 2.23. The average molecular weight is 252 g/mol. The normalized spacial score (nSPS) is 10.3. The Balaban J connectivity index is 2.18. The summed E-state index contributed by atoms with van der Waals surface area (Å²) in [6.45, 7) is 0. The number of amides is 1. The van der Waals surface area contributed by atoms with Gasteiger partial charge in [0.1, 0.15) is 5.69 Å². The number of benzene rings is 1. The summed E-state index contributed by atoms with van der Waals surface area (Å²) in [5.74, 6) is 0.795. The first-order chi connectivity index (χ1) is 9.40. The molecule has 0 saturated carbocycles. The molecule has 2 heterocycles. The van der Waals surface area contributed by atoms with Crippen LogP contribution in [0.4, 0.5) is 5.69 Å². The van der Waals surface area contributed by atoms with Crippen LogP contribution in [-0.2, 0) is 4.79 Å². The van der Waals surface area contributed by atoms with E-state index in [0.29, 0.717) is 12.1 Å². The molecule has 0 atom stereocenters. The molecular weight excluding hydrogens is 240 g/mol. The molecule has 94 valence electrons. The van der Waals surface area contributed by atoms with Crippen LogP contribution in [0.1, 0.15) is 0 Å². The lowest BCUT2D eigenvalue weighted by atomic mass is 10.3. The molecular formula is C14H12N4O. The molecule has 0 spiro atoms. The molecule has 3 rings (SSSR count). The molecule has 1 aromatic carbocycles. The van der Waals surface area contributed by atoms with Crippen LogP contribution in [-0.4, -0.2) is 20.8 Å². The van der Waals surface area contributed by atoms with Crippen molar-refractivity contribution in [3.63, 3.8) is 0 Å². The van der Waals surface area contributed by atoms with Crippen molar-refractivity contribution in [1.82, 2.24) is 14.3 Å². The van der Waals surface area contributed by atoms with E-state index in [1.807, 2.05) is 59.4 Å². The van der Waals surface area contributed by atoms with Crippen molar-refractivity contribution in [3.8, 4) is 11.5 Å². The van der Waals surface area contributed by atoms with Gasteiger partial charge in [-0.2, -0.15) is 5.10 Å². The van der Waals surface area contributed by atoms with Crippen molar-refractivity contribution in [2.75, 3.05) is 5.32 Å². The SMILES string of the molecule is O=CNc1cnn(-c2ccccc2)c1-n1cccc1. The highest BCUT2D eigenvalue weighted by atomic mass is 16.1. The Bertz CT molecular complexity index is 671. The third kappa shape index (κ3) is 2.01. The fraction of sp³-hybridized carbons (Fsp3) is 0. The lowest BCUT2D eigenvalue weighted by molar-refractivity contribution is -0.105. The average Bonchev–Trinajstić information content (AvgIpc) is 3.08. The highest BCUT2D eigenvalue weighted by Gasteiger charge is 2.13. The highest BCUT2D eigenvalue weighted by molar-refractivity contribution is 5.76. The van der Waals surface area contributed by atoms with Gasteiger partial charge >= 0.3 is 0 Å². The second kappa shape index (κ2) is 4.81. The molecule has 1 N–H and O–H groups in total. The van der Waals surface area contributed by atoms with Crippen LogP contribution in [0.5, 0.6) is 0 Å². The molecule has 5 nitrogen and oxygen atoms in total. The number of nitrogens with one attached hydrogen (secondary N) is 1. The molecule has 0 aliphatic rings. The van der Waals surface area contributed by atoms with E-state index in [0.717, 1.165) is 11.5 Å². The minimum absolute atomic E-state index is 0.652. The van der Waals surface area contributed by atoms with Crippen molar-refractivity contribution in [3.05, 3.63) is 61.1 Å². The maximum atomic E-state index is 10.7. The van der Waals surface area contributed by atoms with Crippen molar-refractivity contribution >= 4 is 12.1 Å². The number of aromatic nitrogens is 3. The van der Waals surface area contributed by atoms with Gasteiger partial charge in [-0.1, -0.05) is 18.2 Å². The lowest BCUT2D eigenvalue weighted by Crippen LogP contribution is -2.06. The van der Waals surface area contributed by atoms with Crippen LogP contribution in [0, 0.1) is 0 Å². The van der Waals surface area contributed by atoms with Crippen LogP contribution < -0.4 is 5.32 Å². The van der Waals surface area contributed by atoms with E-state index in [-0.39, 0.29) is 0 Å². The molecule has 0 aliphatic carbocycles. The first-order valence-electron chi connectivity index (χ1n) is 5.87. The summed E-state index contributed by atoms with van der Waals surface area (Å²) in [4.78, 5) is 10.7. The predicted molar refractivity (Wildman–Crippen MR) is 72.6 cm³/mol. The van der Waals surface area contributed by atoms with Gasteiger partial charge in [-0.05, 0) is 24.3 Å². The maximum Gasteiger partial charge on any atom is 0.211 e. The van der Waals surface area contributed by atoms with Crippen molar-refractivity contribution in [1.29, 1.82) is 0 Å².